The Labute approximate surface area is 84.6 Å². The van der Waals surface area contributed by atoms with Crippen LogP contribution in [0.25, 0.3) is 0 Å². The number of hydrogen-bond donors (Lipinski definition) is 0. The zero-order chi connectivity index (χ0) is 10.6. The van der Waals surface area contributed by atoms with Gasteiger partial charge < -0.3 is 0 Å². The highest BCUT2D eigenvalue weighted by molar-refractivity contribution is 7.92. The van der Waals surface area contributed by atoms with Gasteiger partial charge in [-0.15, -0.1) is 0 Å². The fourth-order valence-corrected chi connectivity index (χ4v) is 2.20. The summed E-state index contributed by atoms with van der Waals surface area (Å²) in [7, 11) is -3.19. The Kier molecular flexibility index (Phi) is 3.46. The fourth-order valence-electron chi connectivity index (χ4n) is 1.19. The molecular weight excluding hydrogens is 200 g/mol. The molecule has 1 heterocycles. The van der Waals surface area contributed by atoms with Gasteiger partial charge >= 0.3 is 0 Å². The van der Waals surface area contributed by atoms with Crippen molar-refractivity contribution in [2.45, 2.75) is 13.3 Å². The van der Waals surface area contributed by atoms with E-state index in [-0.39, 0.29) is 0 Å². The van der Waals surface area contributed by atoms with Crippen LogP contribution in [0.15, 0.2) is 24.5 Å². The molecule has 0 aliphatic carbocycles. The number of rotatable bonds is 4. The highest BCUT2D eigenvalue weighted by Gasteiger charge is 2.15. The number of aromatic nitrogens is 1. The largest absolute Gasteiger partial charge is 0.269 e. The molecule has 0 aromatic carbocycles. The van der Waals surface area contributed by atoms with Gasteiger partial charge in [-0.25, -0.2) is 8.42 Å². The van der Waals surface area contributed by atoms with Crippen molar-refractivity contribution in [3.05, 3.63) is 24.5 Å². The van der Waals surface area contributed by atoms with Crippen LogP contribution >= 0.6 is 0 Å². The molecule has 0 radical (unpaired) electrons. The predicted molar refractivity (Wildman–Crippen MR) is 56.7 cm³/mol. The van der Waals surface area contributed by atoms with Crippen LogP contribution in [-0.2, 0) is 10.0 Å². The second-order valence-corrected chi connectivity index (χ2v) is 4.95. The quantitative estimate of drug-likeness (QED) is 0.758. The SMILES string of the molecule is CCCN(c1cccnc1)S(C)(=O)=O. The maximum Gasteiger partial charge on any atom is 0.232 e. The van der Waals surface area contributed by atoms with E-state index in [1.54, 1.807) is 24.5 Å². The Balaban J connectivity index is 3.02. The van der Waals surface area contributed by atoms with Crippen LogP contribution in [0, 0.1) is 0 Å². The lowest BCUT2D eigenvalue weighted by molar-refractivity contribution is 0.596. The van der Waals surface area contributed by atoms with E-state index in [0.29, 0.717) is 12.2 Å². The minimum absolute atomic E-state index is 0.491. The molecule has 0 aliphatic heterocycles. The molecule has 0 fully saturated rings. The molecule has 0 saturated carbocycles. The number of nitrogens with zero attached hydrogens (tertiary/aromatic N) is 2. The molecule has 78 valence electrons. The van der Waals surface area contributed by atoms with E-state index < -0.39 is 10.0 Å². The van der Waals surface area contributed by atoms with Crippen LogP contribution in [0.5, 0.6) is 0 Å². The molecule has 1 aromatic rings. The van der Waals surface area contributed by atoms with Gasteiger partial charge in [-0.2, -0.15) is 0 Å². The molecule has 0 saturated heterocycles. The third kappa shape index (κ3) is 2.70. The molecule has 0 unspecified atom stereocenters. The number of pyridine rings is 1. The van der Waals surface area contributed by atoms with Gasteiger partial charge in [-0.3, -0.25) is 9.29 Å². The van der Waals surface area contributed by atoms with Crippen molar-refractivity contribution < 1.29 is 8.42 Å². The van der Waals surface area contributed by atoms with Crippen LogP contribution in [0.2, 0.25) is 0 Å². The first kappa shape index (κ1) is 11.0. The highest BCUT2D eigenvalue weighted by Crippen LogP contribution is 2.15. The maximum atomic E-state index is 11.4. The van der Waals surface area contributed by atoms with Crippen LogP contribution in [-0.4, -0.2) is 26.2 Å². The summed E-state index contributed by atoms with van der Waals surface area (Å²) in [4.78, 5) is 3.90. The Hall–Kier alpha value is -1.10. The summed E-state index contributed by atoms with van der Waals surface area (Å²) in [5.74, 6) is 0. The summed E-state index contributed by atoms with van der Waals surface area (Å²) < 4.78 is 24.2. The number of hydrogen-bond acceptors (Lipinski definition) is 3. The molecule has 1 aromatic heterocycles. The normalized spacial score (nSPS) is 11.3. The molecular formula is C9H14N2O2S. The molecule has 1 rings (SSSR count). The Morgan fingerprint density at radius 3 is 2.64 bits per heavy atom. The van der Waals surface area contributed by atoms with Gasteiger partial charge in [0.2, 0.25) is 10.0 Å². The molecule has 0 atom stereocenters. The molecule has 4 nitrogen and oxygen atoms in total. The second-order valence-electron chi connectivity index (χ2n) is 3.05. The number of anilines is 1. The number of sulfonamides is 1. The molecule has 0 aliphatic rings. The third-order valence-electron chi connectivity index (χ3n) is 1.76. The fraction of sp³-hybridized carbons (Fsp3) is 0.444. The second kappa shape index (κ2) is 4.41. The van der Waals surface area contributed by atoms with Gasteiger partial charge in [0.05, 0.1) is 18.1 Å². The van der Waals surface area contributed by atoms with E-state index in [9.17, 15) is 8.42 Å². The molecule has 5 heteroatoms. The topological polar surface area (TPSA) is 50.3 Å². The molecule has 14 heavy (non-hydrogen) atoms. The van der Waals surface area contributed by atoms with Gasteiger partial charge in [-0.05, 0) is 18.6 Å². The maximum absolute atomic E-state index is 11.4. The predicted octanol–water partition coefficient (Wildman–Crippen LogP) is 1.26. The monoisotopic (exact) mass is 214 g/mol. The van der Waals surface area contributed by atoms with Crippen LogP contribution in [0.1, 0.15) is 13.3 Å². The van der Waals surface area contributed by atoms with E-state index in [0.717, 1.165) is 6.42 Å². The molecule has 0 spiro atoms. The van der Waals surface area contributed by atoms with Crippen molar-refractivity contribution in [1.82, 2.24) is 4.98 Å². The lowest BCUT2D eigenvalue weighted by atomic mass is 10.4. The van der Waals surface area contributed by atoms with Crippen molar-refractivity contribution in [1.29, 1.82) is 0 Å². The molecule has 0 N–H and O–H groups in total. The summed E-state index contributed by atoms with van der Waals surface area (Å²) in [5.41, 5.74) is 0.622. The van der Waals surface area contributed by atoms with Crippen LogP contribution in [0.3, 0.4) is 0 Å². The summed E-state index contributed by atoms with van der Waals surface area (Å²) in [6, 6.07) is 3.47. The van der Waals surface area contributed by atoms with Crippen LogP contribution < -0.4 is 4.31 Å². The average molecular weight is 214 g/mol. The molecule has 0 bridgehead atoms. The van der Waals surface area contributed by atoms with E-state index in [1.807, 2.05) is 6.92 Å². The lowest BCUT2D eigenvalue weighted by Crippen LogP contribution is -2.30. The van der Waals surface area contributed by atoms with Gasteiger partial charge in [-0.1, -0.05) is 6.92 Å². The molecule has 0 amide bonds. The van der Waals surface area contributed by atoms with Crippen molar-refractivity contribution in [3.63, 3.8) is 0 Å². The first-order chi connectivity index (χ1) is 6.55. The van der Waals surface area contributed by atoms with E-state index >= 15 is 0 Å². The van der Waals surface area contributed by atoms with Crippen molar-refractivity contribution in [2.24, 2.45) is 0 Å². The summed E-state index contributed by atoms with van der Waals surface area (Å²) in [5, 5.41) is 0. The highest BCUT2D eigenvalue weighted by atomic mass is 32.2. The summed E-state index contributed by atoms with van der Waals surface area (Å²) in [6.07, 6.45) is 5.16. The minimum Gasteiger partial charge on any atom is -0.269 e. The Morgan fingerprint density at radius 1 is 1.50 bits per heavy atom. The Morgan fingerprint density at radius 2 is 2.21 bits per heavy atom. The van der Waals surface area contributed by atoms with E-state index in [1.165, 1.54) is 10.6 Å². The Bertz CT molecular complexity index is 375. The smallest absolute Gasteiger partial charge is 0.232 e. The minimum atomic E-state index is -3.19. The van der Waals surface area contributed by atoms with Crippen molar-refractivity contribution >= 4 is 15.7 Å². The van der Waals surface area contributed by atoms with Gasteiger partial charge in [0.1, 0.15) is 0 Å². The van der Waals surface area contributed by atoms with Crippen molar-refractivity contribution in [2.75, 3.05) is 17.1 Å². The summed E-state index contributed by atoms with van der Waals surface area (Å²) in [6.45, 7) is 2.43. The van der Waals surface area contributed by atoms with Crippen molar-refractivity contribution in [3.8, 4) is 0 Å². The lowest BCUT2D eigenvalue weighted by Gasteiger charge is -2.20. The van der Waals surface area contributed by atoms with Gasteiger partial charge in [0.25, 0.3) is 0 Å². The average Bonchev–Trinajstić information content (AvgIpc) is 2.14. The van der Waals surface area contributed by atoms with Gasteiger partial charge in [0, 0.05) is 12.7 Å². The summed E-state index contributed by atoms with van der Waals surface area (Å²) >= 11 is 0. The van der Waals surface area contributed by atoms with E-state index in [4.69, 9.17) is 0 Å². The first-order valence-electron chi connectivity index (χ1n) is 4.43. The van der Waals surface area contributed by atoms with Crippen LogP contribution in [0.4, 0.5) is 5.69 Å². The zero-order valence-corrected chi connectivity index (χ0v) is 9.16. The zero-order valence-electron chi connectivity index (χ0n) is 8.34. The first-order valence-corrected chi connectivity index (χ1v) is 6.28. The third-order valence-corrected chi connectivity index (χ3v) is 2.95. The van der Waals surface area contributed by atoms with Gasteiger partial charge in [0.15, 0.2) is 0 Å². The standard InChI is InChI=1S/C9H14N2O2S/c1-3-7-11(14(2,12)13)9-5-4-6-10-8-9/h4-6,8H,3,7H2,1-2H3. The van der Waals surface area contributed by atoms with E-state index in [2.05, 4.69) is 4.98 Å².